The molecule has 0 aliphatic heterocycles. The van der Waals surface area contributed by atoms with Crippen LogP contribution in [0.25, 0.3) is 0 Å². The molecular weight excluding hydrogens is 134 g/mol. The van der Waals surface area contributed by atoms with E-state index in [1.165, 1.54) is 32.1 Å². The summed E-state index contributed by atoms with van der Waals surface area (Å²) in [6.45, 7) is 4.60. The molecule has 1 fully saturated rings. The molecule has 0 radical (unpaired) electrons. The minimum absolute atomic E-state index is 0.496. The van der Waals surface area contributed by atoms with E-state index in [0.29, 0.717) is 6.04 Å². The van der Waals surface area contributed by atoms with Gasteiger partial charge in [-0.05, 0) is 31.1 Å². The van der Waals surface area contributed by atoms with Crippen LogP contribution in [0.4, 0.5) is 0 Å². The first-order valence-corrected chi connectivity index (χ1v) is 4.98. The second-order valence-electron chi connectivity index (χ2n) is 4.23. The SMILES string of the molecule is CCCC1CC(C)CC(N)C1. The van der Waals surface area contributed by atoms with Crippen LogP contribution in [0.5, 0.6) is 0 Å². The summed E-state index contributed by atoms with van der Waals surface area (Å²) in [4.78, 5) is 0. The number of hydrogen-bond donors (Lipinski definition) is 1. The Morgan fingerprint density at radius 2 is 2.00 bits per heavy atom. The Morgan fingerprint density at radius 1 is 1.27 bits per heavy atom. The fourth-order valence-corrected chi connectivity index (χ4v) is 2.45. The van der Waals surface area contributed by atoms with Crippen molar-refractivity contribution >= 4 is 0 Å². The lowest BCUT2D eigenvalue weighted by atomic mass is 9.78. The van der Waals surface area contributed by atoms with Crippen molar-refractivity contribution in [1.29, 1.82) is 0 Å². The quantitative estimate of drug-likeness (QED) is 0.651. The Balaban J connectivity index is 2.30. The summed E-state index contributed by atoms with van der Waals surface area (Å²) in [5, 5.41) is 0. The second kappa shape index (κ2) is 4.10. The van der Waals surface area contributed by atoms with Crippen molar-refractivity contribution in [3.05, 3.63) is 0 Å². The van der Waals surface area contributed by atoms with Gasteiger partial charge in [0.1, 0.15) is 0 Å². The maximum absolute atomic E-state index is 5.95. The Morgan fingerprint density at radius 3 is 2.55 bits per heavy atom. The first-order valence-electron chi connectivity index (χ1n) is 4.98. The predicted octanol–water partition coefficient (Wildman–Crippen LogP) is 2.55. The molecule has 66 valence electrons. The van der Waals surface area contributed by atoms with Crippen LogP contribution < -0.4 is 5.73 Å². The lowest BCUT2D eigenvalue weighted by molar-refractivity contribution is 0.241. The van der Waals surface area contributed by atoms with Gasteiger partial charge in [0.15, 0.2) is 0 Å². The highest BCUT2D eigenvalue weighted by molar-refractivity contribution is 4.78. The van der Waals surface area contributed by atoms with Gasteiger partial charge in [0.25, 0.3) is 0 Å². The lowest BCUT2D eigenvalue weighted by Gasteiger charge is -2.31. The fraction of sp³-hybridized carbons (Fsp3) is 1.00. The van der Waals surface area contributed by atoms with E-state index in [1.807, 2.05) is 0 Å². The molecule has 0 saturated heterocycles. The number of nitrogens with two attached hydrogens (primary N) is 1. The zero-order valence-electron chi connectivity index (χ0n) is 7.84. The number of hydrogen-bond acceptors (Lipinski definition) is 1. The molecule has 3 atom stereocenters. The second-order valence-corrected chi connectivity index (χ2v) is 4.23. The topological polar surface area (TPSA) is 26.0 Å². The summed E-state index contributed by atoms with van der Waals surface area (Å²) in [6.07, 6.45) is 6.65. The molecule has 0 aromatic rings. The van der Waals surface area contributed by atoms with Gasteiger partial charge in [-0.2, -0.15) is 0 Å². The summed E-state index contributed by atoms with van der Waals surface area (Å²) in [6, 6.07) is 0.496. The zero-order chi connectivity index (χ0) is 8.27. The molecule has 0 amide bonds. The van der Waals surface area contributed by atoms with Gasteiger partial charge in [-0.25, -0.2) is 0 Å². The zero-order valence-corrected chi connectivity index (χ0v) is 7.84. The molecule has 1 rings (SSSR count). The van der Waals surface area contributed by atoms with Crippen molar-refractivity contribution in [3.8, 4) is 0 Å². The van der Waals surface area contributed by atoms with Gasteiger partial charge >= 0.3 is 0 Å². The first kappa shape index (κ1) is 9.05. The van der Waals surface area contributed by atoms with E-state index in [9.17, 15) is 0 Å². The van der Waals surface area contributed by atoms with Crippen molar-refractivity contribution in [1.82, 2.24) is 0 Å². The highest BCUT2D eigenvalue weighted by atomic mass is 14.6. The van der Waals surface area contributed by atoms with Gasteiger partial charge in [0.2, 0.25) is 0 Å². The maximum Gasteiger partial charge on any atom is 0.00440 e. The molecule has 3 unspecified atom stereocenters. The van der Waals surface area contributed by atoms with E-state index in [-0.39, 0.29) is 0 Å². The monoisotopic (exact) mass is 155 g/mol. The normalized spacial score (nSPS) is 39.0. The molecule has 1 heteroatoms. The molecule has 0 aromatic heterocycles. The van der Waals surface area contributed by atoms with Gasteiger partial charge in [0, 0.05) is 6.04 Å². The van der Waals surface area contributed by atoms with Crippen LogP contribution in [0.1, 0.15) is 46.0 Å². The van der Waals surface area contributed by atoms with Crippen LogP contribution in [0, 0.1) is 11.8 Å². The Bertz CT molecular complexity index is 101. The minimum atomic E-state index is 0.496. The molecule has 1 saturated carbocycles. The summed E-state index contributed by atoms with van der Waals surface area (Å²) in [5.41, 5.74) is 5.95. The molecule has 1 aliphatic rings. The lowest BCUT2D eigenvalue weighted by Crippen LogP contribution is -2.31. The molecule has 0 aromatic carbocycles. The van der Waals surface area contributed by atoms with Crippen LogP contribution in [0.2, 0.25) is 0 Å². The smallest absolute Gasteiger partial charge is 0.00440 e. The van der Waals surface area contributed by atoms with Gasteiger partial charge in [-0.15, -0.1) is 0 Å². The van der Waals surface area contributed by atoms with E-state index in [1.54, 1.807) is 0 Å². The van der Waals surface area contributed by atoms with Crippen molar-refractivity contribution in [2.45, 2.75) is 52.0 Å². The molecule has 0 heterocycles. The van der Waals surface area contributed by atoms with Crippen LogP contribution >= 0.6 is 0 Å². The molecule has 0 bridgehead atoms. The fourth-order valence-electron chi connectivity index (χ4n) is 2.45. The Hall–Kier alpha value is -0.0400. The van der Waals surface area contributed by atoms with Crippen LogP contribution in [-0.4, -0.2) is 6.04 Å². The standard InChI is InChI=1S/C10H21N/c1-3-4-9-5-8(2)6-10(11)7-9/h8-10H,3-7,11H2,1-2H3. The van der Waals surface area contributed by atoms with Gasteiger partial charge in [-0.1, -0.05) is 26.7 Å². The van der Waals surface area contributed by atoms with Crippen LogP contribution in [-0.2, 0) is 0 Å². The summed E-state index contributed by atoms with van der Waals surface area (Å²) < 4.78 is 0. The third-order valence-corrected chi connectivity index (χ3v) is 2.77. The average Bonchev–Trinajstić information content (AvgIpc) is 1.85. The minimum Gasteiger partial charge on any atom is -0.328 e. The van der Waals surface area contributed by atoms with E-state index >= 15 is 0 Å². The molecule has 11 heavy (non-hydrogen) atoms. The number of rotatable bonds is 2. The van der Waals surface area contributed by atoms with Crippen molar-refractivity contribution in [2.24, 2.45) is 17.6 Å². The third kappa shape index (κ3) is 2.82. The average molecular weight is 155 g/mol. The maximum atomic E-state index is 5.95. The summed E-state index contributed by atoms with van der Waals surface area (Å²) in [7, 11) is 0. The van der Waals surface area contributed by atoms with Crippen molar-refractivity contribution < 1.29 is 0 Å². The van der Waals surface area contributed by atoms with Crippen molar-refractivity contribution in [2.75, 3.05) is 0 Å². The van der Waals surface area contributed by atoms with Crippen LogP contribution in [0.15, 0.2) is 0 Å². The van der Waals surface area contributed by atoms with Gasteiger partial charge in [-0.3, -0.25) is 0 Å². The Kier molecular flexibility index (Phi) is 3.38. The molecule has 1 aliphatic carbocycles. The summed E-state index contributed by atoms with van der Waals surface area (Å²) >= 11 is 0. The highest BCUT2D eigenvalue weighted by Gasteiger charge is 2.22. The molecular formula is C10H21N. The molecule has 0 spiro atoms. The van der Waals surface area contributed by atoms with E-state index in [4.69, 9.17) is 5.73 Å². The van der Waals surface area contributed by atoms with E-state index in [2.05, 4.69) is 13.8 Å². The largest absolute Gasteiger partial charge is 0.328 e. The van der Waals surface area contributed by atoms with Crippen molar-refractivity contribution in [3.63, 3.8) is 0 Å². The molecule has 1 nitrogen and oxygen atoms in total. The van der Waals surface area contributed by atoms with Gasteiger partial charge in [0.05, 0.1) is 0 Å². The predicted molar refractivity (Wildman–Crippen MR) is 49.4 cm³/mol. The summed E-state index contributed by atoms with van der Waals surface area (Å²) in [5.74, 6) is 1.80. The highest BCUT2D eigenvalue weighted by Crippen LogP contribution is 2.30. The Labute approximate surface area is 70.4 Å². The first-order chi connectivity index (χ1) is 5.22. The van der Waals surface area contributed by atoms with E-state index < -0.39 is 0 Å². The third-order valence-electron chi connectivity index (χ3n) is 2.77. The van der Waals surface area contributed by atoms with Gasteiger partial charge < -0.3 is 5.73 Å². The van der Waals surface area contributed by atoms with Crippen LogP contribution in [0.3, 0.4) is 0 Å². The molecule has 2 N–H and O–H groups in total. The van der Waals surface area contributed by atoms with E-state index in [0.717, 1.165) is 11.8 Å².